The van der Waals surface area contributed by atoms with Crippen LogP contribution < -0.4 is 10.5 Å². The van der Waals surface area contributed by atoms with E-state index in [1.54, 1.807) is 59.7 Å². The Morgan fingerprint density at radius 1 is 1.13 bits per heavy atom. The molecule has 3 N–H and O–H groups in total. The van der Waals surface area contributed by atoms with Crippen LogP contribution >= 0.6 is 15.9 Å². The number of halogens is 1. The van der Waals surface area contributed by atoms with Crippen molar-refractivity contribution in [2.75, 3.05) is 13.2 Å². The van der Waals surface area contributed by atoms with Gasteiger partial charge >= 0.3 is 12.2 Å². The number of aliphatic hydroxyl groups excluding tert-OH is 1. The molecule has 0 aliphatic heterocycles. The molecule has 0 radical (unpaired) electrons. The summed E-state index contributed by atoms with van der Waals surface area (Å²) >= 11 is 3.43. The lowest BCUT2D eigenvalue weighted by Crippen LogP contribution is -2.44. The molecule has 0 aliphatic carbocycles. The van der Waals surface area contributed by atoms with Crippen LogP contribution in [0.3, 0.4) is 0 Å². The number of nitrogens with zero attached hydrogens (tertiary/aromatic N) is 2. The number of hydrogen-bond donors (Lipinski definition) is 2. The summed E-state index contributed by atoms with van der Waals surface area (Å²) in [6, 6.07) is 5.23. The maximum Gasteiger partial charge on any atom is 0.437 e. The van der Waals surface area contributed by atoms with Crippen LogP contribution in [-0.2, 0) is 16.0 Å². The first-order valence-electron chi connectivity index (χ1n) is 9.81. The van der Waals surface area contributed by atoms with Crippen LogP contribution in [0.4, 0.5) is 9.59 Å². The van der Waals surface area contributed by atoms with E-state index >= 15 is 0 Å². The Balaban J connectivity index is 3.11. The monoisotopic (exact) mass is 501 g/mol. The van der Waals surface area contributed by atoms with E-state index in [9.17, 15) is 9.59 Å². The second kappa shape index (κ2) is 11.3. The molecule has 0 heterocycles. The summed E-state index contributed by atoms with van der Waals surface area (Å²) in [5, 5.41) is 8.87. The lowest BCUT2D eigenvalue weighted by molar-refractivity contribution is 0.0356. The Bertz CT molecular complexity index is 799. The molecule has 10 heteroatoms. The fourth-order valence-corrected chi connectivity index (χ4v) is 2.72. The fourth-order valence-electron chi connectivity index (χ4n) is 2.18. The van der Waals surface area contributed by atoms with E-state index < -0.39 is 23.4 Å². The number of benzene rings is 1. The van der Waals surface area contributed by atoms with Gasteiger partial charge in [0.15, 0.2) is 0 Å². The largest absolute Gasteiger partial charge is 0.492 e. The minimum Gasteiger partial charge on any atom is -0.492 e. The highest BCUT2D eigenvalue weighted by molar-refractivity contribution is 9.10. The third-order valence-electron chi connectivity index (χ3n) is 3.39. The third-order valence-corrected chi connectivity index (χ3v) is 4.01. The van der Waals surface area contributed by atoms with Crippen molar-refractivity contribution in [3.63, 3.8) is 0 Å². The Hall–Kier alpha value is -2.33. The molecule has 0 saturated heterocycles. The summed E-state index contributed by atoms with van der Waals surface area (Å²) < 4.78 is 16.8. The summed E-state index contributed by atoms with van der Waals surface area (Å²) in [5.74, 6) is 0.249. The normalized spacial score (nSPS) is 12.3. The molecule has 2 amide bonds. The highest BCUT2D eigenvalue weighted by atomic mass is 79.9. The molecule has 1 rings (SSSR count). The third kappa shape index (κ3) is 10.5. The highest BCUT2D eigenvalue weighted by Gasteiger charge is 2.26. The number of nitrogens with two attached hydrogens (primary N) is 1. The van der Waals surface area contributed by atoms with Gasteiger partial charge in [0, 0.05) is 13.0 Å². The SMILES string of the molecule is CC(C)(C)OC(=O)N=C(N)N(Cc1ccc(OCCCO)c(Br)c1)C(=O)OC(C)(C)C. The van der Waals surface area contributed by atoms with Gasteiger partial charge in [-0.05, 0) is 75.2 Å². The first-order chi connectivity index (χ1) is 14.2. The van der Waals surface area contributed by atoms with Crippen LogP contribution in [0, 0.1) is 0 Å². The van der Waals surface area contributed by atoms with E-state index in [4.69, 9.17) is 25.1 Å². The fraction of sp³-hybridized carbons (Fsp3) is 0.571. The van der Waals surface area contributed by atoms with Crippen molar-refractivity contribution >= 4 is 34.1 Å². The molecule has 0 unspecified atom stereocenters. The summed E-state index contributed by atoms with van der Waals surface area (Å²) in [7, 11) is 0. The van der Waals surface area contributed by atoms with Crippen LogP contribution in [0.1, 0.15) is 53.5 Å². The number of carbonyl (C=O) groups excluding carboxylic acids is 2. The van der Waals surface area contributed by atoms with E-state index in [1.807, 2.05) is 0 Å². The van der Waals surface area contributed by atoms with Crippen molar-refractivity contribution in [2.45, 2.75) is 65.7 Å². The van der Waals surface area contributed by atoms with Gasteiger partial charge in [0.2, 0.25) is 5.96 Å². The maximum absolute atomic E-state index is 12.7. The smallest absolute Gasteiger partial charge is 0.437 e. The van der Waals surface area contributed by atoms with Gasteiger partial charge in [-0.1, -0.05) is 6.07 Å². The number of ether oxygens (including phenoxy) is 3. The molecule has 0 fully saturated rings. The maximum atomic E-state index is 12.7. The van der Waals surface area contributed by atoms with Crippen LogP contribution in [0.2, 0.25) is 0 Å². The topological polar surface area (TPSA) is 124 Å². The number of rotatable bonds is 6. The molecular weight excluding hydrogens is 470 g/mol. The Labute approximate surface area is 191 Å². The number of carbonyl (C=O) groups is 2. The molecule has 0 saturated carbocycles. The van der Waals surface area contributed by atoms with Crippen LogP contribution in [0.15, 0.2) is 27.7 Å². The first-order valence-corrected chi connectivity index (χ1v) is 10.6. The van der Waals surface area contributed by atoms with E-state index in [-0.39, 0.29) is 19.1 Å². The van der Waals surface area contributed by atoms with Gasteiger partial charge in [0.25, 0.3) is 0 Å². The molecule has 9 nitrogen and oxygen atoms in total. The summed E-state index contributed by atoms with van der Waals surface area (Å²) in [6.45, 7) is 10.7. The number of amides is 2. The van der Waals surface area contributed by atoms with Crippen molar-refractivity contribution in [3.05, 3.63) is 28.2 Å². The van der Waals surface area contributed by atoms with Crippen LogP contribution in [0.5, 0.6) is 5.75 Å². The minimum atomic E-state index is -0.910. The molecule has 0 bridgehead atoms. The molecular formula is C21H32BrN3O6. The minimum absolute atomic E-state index is 0.00254. The number of guanidine groups is 1. The number of aliphatic imine (C=N–C) groups is 1. The van der Waals surface area contributed by atoms with Gasteiger partial charge in [0.05, 0.1) is 17.6 Å². The molecule has 0 atom stereocenters. The van der Waals surface area contributed by atoms with Gasteiger partial charge in [-0.25, -0.2) is 14.5 Å². The number of aliphatic hydroxyl groups is 1. The van der Waals surface area contributed by atoms with E-state index in [1.165, 1.54) is 0 Å². The quantitative estimate of drug-likeness (QED) is 0.340. The van der Waals surface area contributed by atoms with Gasteiger partial charge in [-0.3, -0.25) is 0 Å². The van der Waals surface area contributed by atoms with Crippen molar-refractivity contribution in [1.29, 1.82) is 0 Å². The van der Waals surface area contributed by atoms with E-state index in [2.05, 4.69) is 20.9 Å². The van der Waals surface area contributed by atoms with Gasteiger partial charge in [-0.15, -0.1) is 4.99 Å². The first kappa shape index (κ1) is 26.7. The molecule has 174 valence electrons. The highest BCUT2D eigenvalue weighted by Crippen LogP contribution is 2.27. The van der Waals surface area contributed by atoms with Crippen molar-refractivity contribution in [3.8, 4) is 5.75 Å². The Morgan fingerprint density at radius 2 is 1.74 bits per heavy atom. The summed E-state index contributed by atoms with van der Waals surface area (Å²) in [6.07, 6.45) is -1.15. The second-order valence-corrected chi connectivity index (χ2v) is 9.56. The lowest BCUT2D eigenvalue weighted by Gasteiger charge is -2.27. The molecule has 0 spiro atoms. The van der Waals surface area contributed by atoms with Gasteiger partial charge < -0.3 is 25.1 Å². The van der Waals surface area contributed by atoms with E-state index in [0.717, 1.165) is 4.90 Å². The zero-order chi connectivity index (χ0) is 23.8. The van der Waals surface area contributed by atoms with Crippen molar-refractivity contribution < 1.29 is 28.9 Å². The van der Waals surface area contributed by atoms with Gasteiger partial charge in [0.1, 0.15) is 17.0 Å². The van der Waals surface area contributed by atoms with Crippen LogP contribution in [0.25, 0.3) is 0 Å². The predicted octanol–water partition coefficient (Wildman–Crippen LogP) is 4.20. The Kier molecular flexibility index (Phi) is 9.76. The zero-order valence-electron chi connectivity index (χ0n) is 18.9. The van der Waals surface area contributed by atoms with Crippen LogP contribution in [-0.4, -0.2) is 52.6 Å². The Morgan fingerprint density at radius 3 is 2.26 bits per heavy atom. The number of hydrogen-bond acceptors (Lipinski definition) is 6. The predicted molar refractivity (Wildman–Crippen MR) is 121 cm³/mol. The van der Waals surface area contributed by atoms with Crippen molar-refractivity contribution in [1.82, 2.24) is 4.90 Å². The zero-order valence-corrected chi connectivity index (χ0v) is 20.5. The molecule has 1 aromatic rings. The molecule has 1 aromatic carbocycles. The molecule has 0 aliphatic rings. The average Bonchev–Trinajstić information content (AvgIpc) is 2.58. The molecule has 0 aromatic heterocycles. The van der Waals surface area contributed by atoms with E-state index in [0.29, 0.717) is 28.8 Å². The average molecular weight is 502 g/mol. The standard InChI is InChI=1S/C21H32BrN3O6/c1-20(2,3)30-18(27)24-17(23)25(19(28)31-21(4,5)6)13-14-8-9-16(15(22)12-14)29-11-7-10-26/h8-9,12,26H,7,10-11,13H2,1-6H3,(H2,23,24,27). The summed E-state index contributed by atoms with van der Waals surface area (Å²) in [4.78, 5) is 29.5. The summed E-state index contributed by atoms with van der Waals surface area (Å²) in [5.41, 5.74) is 5.13. The lowest BCUT2D eigenvalue weighted by atomic mass is 10.2. The second-order valence-electron chi connectivity index (χ2n) is 8.71. The van der Waals surface area contributed by atoms with Crippen molar-refractivity contribution in [2.24, 2.45) is 10.7 Å². The molecule has 31 heavy (non-hydrogen) atoms. The van der Waals surface area contributed by atoms with Gasteiger partial charge in [-0.2, -0.15) is 0 Å².